The van der Waals surface area contributed by atoms with Crippen LogP contribution in [0.15, 0.2) is 73.6 Å². The summed E-state index contributed by atoms with van der Waals surface area (Å²) >= 11 is 0. The summed E-state index contributed by atoms with van der Waals surface area (Å²) in [5.41, 5.74) is 4.37. The first-order valence-corrected chi connectivity index (χ1v) is 5.91. The van der Waals surface area contributed by atoms with Gasteiger partial charge in [0.1, 0.15) is 0 Å². The Labute approximate surface area is 110 Å². The highest BCUT2D eigenvalue weighted by Crippen LogP contribution is 2.18. The van der Waals surface area contributed by atoms with Crippen molar-refractivity contribution in [2.24, 2.45) is 0 Å². The molecule has 0 amide bonds. The molecule has 18 heavy (non-hydrogen) atoms. The van der Waals surface area contributed by atoms with Gasteiger partial charge in [-0.3, -0.25) is 4.98 Å². The predicted octanol–water partition coefficient (Wildman–Crippen LogP) is 4.51. The van der Waals surface area contributed by atoms with Crippen molar-refractivity contribution in [3.05, 3.63) is 84.8 Å². The van der Waals surface area contributed by atoms with Crippen LogP contribution < -0.4 is 0 Å². The van der Waals surface area contributed by atoms with Crippen LogP contribution in [0.2, 0.25) is 0 Å². The Bertz CT molecular complexity index is 504. The average molecular weight is 237 g/mol. The maximum absolute atomic E-state index is 4.15. The van der Waals surface area contributed by atoms with Gasteiger partial charge in [0.2, 0.25) is 0 Å². The minimum absolute atomic E-state index is 0.763. The van der Waals surface area contributed by atoms with Crippen molar-refractivity contribution in [1.29, 1.82) is 0 Å². The van der Waals surface area contributed by atoms with Gasteiger partial charge in [-0.15, -0.1) is 0 Å². The molecule has 1 heterocycles. The van der Waals surface area contributed by atoms with E-state index in [1.165, 1.54) is 0 Å². The van der Waals surface area contributed by atoms with Crippen LogP contribution in [-0.2, 0) is 6.42 Å². The second-order valence-corrected chi connectivity index (χ2v) is 3.92. The van der Waals surface area contributed by atoms with E-state index in [0.717, 1.165) is 28.7 Å². The van der Waals surface area contributed by atoms with E-state index in [1.807, 2.05) is 43.5 Å². The fourth-order valence-electron chi connectivity index (χ4n) is 1.71. The van der Waals surface area contributed by atoms with Gasteiger partial charge in [-0.1, -0.05) is 50.1 Å². The Morgan fingerprint density at radius 1 is 1.39 bits per heavy atom. The maximum Gasteiger partial charge on any atom is 0.0309 e. The van der Waals surface area contributed by atoms with Gasteiger partial charge in [0.15, 0.2) is 0 Å². The summed E-state index contributed by atoms with van der Waals surface area (Å²) in [6.45, 7) is 13.7. The fourth-order valence-corrected chi connectivity index (χ4v) is 1.71. The lowest BCUT2D eigenvalue weighted by Gasteiger charge is -2.09. The Hall–Kier alpha value is -2.15. The number of allylic oxidation sites excluding steroid dienone is 6. The minimum Gasteiger partial charge on any atom is -0.264 e. The average Bonchev–Trinajstić information content (AvgIpc) is 2.39. The van der Waals surface area contributed by atoms with Gasteiger partial charge in [0, 0.05) is 12.4 Å². The molecule has 0 aliphatic carbocycles. The molecule has 0 N–H and O–H groups in total. The second kappa shape index (κ2) is 7.23. The molecule has 0 atom stereocenters. The quantitative estimate of drug-likeness (QED) is 0.663. The topological polar surface area (TPSA) is 12.9 Å². The van der Waals surface area contributed by atoms with Crippen molar-refractivity contribution in [2.45, 2.75) is 13.3 Å². The molecular formula is C17H19N. The van der Waals surface area contributed by atoms with Gasteiger partial charge in [-0.05, 0) is 41.7 Å². The number of rotatable bonds is 6. The molecule has 0 unspecified atom stereocenters. The van der Waals surface area contributed by atoms with Gasteiger partial charge in [0.05, 0.1) is 0 Å². The Morgan fingerprint density at radius 2 is 2.17 bits per heavy atom. The molecule has 1 aromatic rings. The van der Waals surface area contributed by atoms with E-state index >= 15 is 0 Å². The molecule has 0 aromatic carbocycles. The third-order valence-corrected chi connectivity index (χ3v) is 2.62. The lowest BCUT2D eigenvalue weighted by atomic mass is 9.97. The molecule has 1 aromatic heterocycles. The van der Waals surface area contributed by atoms with Crippen LogP contribution in [-0.4, -0.2) is 4.98 Å². The van der Waals surface area contributed by atoms with Crippen molar-refractivity contribution in [3.63, 3.8) is 0 Å². The second-order valence-electron chi connectivity index (χ2n) is 3.92. The van der Waals surface area contributed by atoms with Crippen LogP contribution in [0, 0.1) is 0 Å². The predicted molar refractivity (Wildman–Crippen MR) is 80.3 cm³/mol. The van der Waals surface area contributed by atoms with E-state index < -0.39 is 0 Å². The SMILES string of the molecule is C=C/C=C(\C=C/C)C(=C)Cc1cnccc1C=C. The van der Waals surface area contributed by atoms with E-state index in [9.17, 15) is 0 Å². The van der Waals surface area contributed by atoms with Crippen LogP contribution in [0.3, 0.4) is 0 Å². The first-order chi connectivity index (χ1) is 8.72. The van der Waals surface area contributed by atoms with Crippen LogP contribution >= 0.6 is 0 Å². The Balaban J connectivity index is 2.96. The molecular weight excluding hydrogens is 218 g/mol. The summed E-state index contributed by atoms with van der Waals surface area (Å²) in [5.74, 6) is 0. The number of hydrogen-bond acceptors (Lipinski definition) is 1. The number of pyridine rings is 1. The standard InChI is InChI=1S/C17H19N/c1-5-8-16(9-6-2)14(4)12-17-13-18-11-10-15(17)7-3/h5-11,13H,1,3-4,12H2,2H3/b9-6-,16-8+. The van der Waals surface area contributed by atoms with Crippen LogP contribution in [0.5, 0.6) is 0 Å². The summed E-state index contributed by atoms with van der Waals surface area (Å²) in [7, 11) is 0. The van der Waals surface area contributed by atoms with Crippen molar-refractivity contribution < 1.29 is 0 Å². The first-order valence-electron chi connectivity index (χ1n) is 5.91. The number of hydrogen-bond donors (Lipinski definition) is 0. The molecule has 92 valence electrons. The van der Waals surface area contributed by atoms with Gasteiger partial charge in [0.25, 0.3) is 0 Å². The van der Waals surface area contributed by atoms with E-state index in [-0.39, 0.29) is 0 Å². The normalized spacial score (nSPS) is 11.5. The van der Waals surface area contributed by atoms with Crippen LogP contribution in [0.1, 0.15) is 18.1 Å². The van der Waals surface area contributed by atoms with Crippen molar-refractivity contribution in [1.82, 2.24) is 4.98 Å². The van der Waals surface area contributed by atoms with E-state index in [0.29, 0.717) is 0 Å². The molecule has 1 nitrogen and oxygen atoms in total. The molecule has 0 saturated carbocycles. The van der Waals surface area contributed by atoms with E-state index in [1.54, 1.807) is 12.3 Å². The molecule has 1 heteroatoms. The van der Waals surface area contributed by atoms with E-state index in [4.69, 9.17) is 0 Å². The highest BCUT2D eigenvalue weighted by atomic mass is 14.6. The molecule has 0 aliphatic rings. The number of nitrogens with zero attached hydrogens (tertiary/aromatic N) is 1. The summed E-state index contributed by atoms with van der Waals surface area (Å²) in [5, 5.41) is 0. The molecule has 0 bridgehead atoms. The van der Waals surface area contributed by atoms with Gasteiger partial charge in [-0.25, -0.2) is 0 Å². The van der Waals surface area contributed by atoms with Crippen LogP contribution in [0.25, 0.3) is 6.08 Å². The summed E-state index contributed by atoms with van der Waals surface area (Å²) in [4.78, 5) is 4.15. The van der Waals surface area contributed by atoms with Gasteiger partial charge < -0.3 is 0 Å². The molecule has 0 spiro atoms. The van der Waals surface area contributed by atoms with Crippen molar-refractivity contribution in [2.75, 3.05) is 0 Å². The van der Waals surface area contributed by atoms with Crippen molar-refractivity contribution in [3.8, 4) is 0 Å². The largest absolute Gasteiger partial charge is 0.264 e. The molecule has 0 aliphatic heterocycles. The zero-order valence-corrected chi connectivity index (χ0v) is 10.9. The van der Waals surface area contributed by atoms with Crippen molar-refractivity contribution >= 4 is 6.08 Å². The third-order valence-electron chi connectivity index (χ3n) is 2.62. The fraction of sp³-hybridized carbons (Fsp3) is 0.118. The highest BCUT2D eigenvalue weighted by molar-refractivity contribution is 5.53. The molecule has 1 rings (SSSR count). The van der Waals surface area contributed by atoms with Crippen LogP contribution in [0.4, 0.5) is 0 Å². The minimum atomic E-state index is 0.763. The monoisotopic (exact) mass is 237 g/mol. The highest BCUT2D eigenvalue weighted by Gasteiger charge is 2.04. The summed E-state index contributed by atoms with van der Waals surface area (Å²) in [6, 6.07) is 1.96. The summed E-state index contributed by atoms with van der Waals surface area (Å²) < 4.78 is 0. The lowest BCUT2D eigenvalue weighted by molar-refractivity contribution is 1.13. The van der Waals surface area contributed by atoms with Gasteiger partial charge >= 0.3 is 0 Å². The maximum atomic E-state index is 4.15. The van der Waals surface area contributed by atoms with Gasteiger partial charge in [-0.2, -0.15) is 0 Å². The Kier molecular flexibility index (Phi) is 5.59. The molecule has 0 fully saturated rings. The smallest absolute Gasteiger partial charge is 0.0309 e. The zero-order chi connectivity index (χ0) is 13.4. The first kappa shape index (κ1) is 13.9. The zero-order valence-electron chi connectivity index (χ0n) is 10.9. The van der Waals surface area contributed by atoms with E-state index in [2.05, 4.69) is 24.7 Å². The Morgan fingerprint density at radius 3 is 2.78 bits per heavy atom. The molecule has 0 saturated heterocycles. The third kappa shape index (κ3) is 3.70. The summed E-state index contributed by atoms with van der Waals surface area (Å²) in [6.07, 6.45) is 14.0. The number of aromatic nitrogens is 1. The molecule has 0 radical (unpaired) electrons. The lowest BCUT2D eigenvalue weighted by Crippen LogP contribution is -1.95.